The van der Waals surface area contributed by atoms with Crippen LogP contribution in [0.3, 0.4) is 0 Å². The number of methoxy groups -OCH3 is 2. The molecule has 0 saturated carbocycles. The van der Waals surface area contributed by atoms with Gasteiger partial charge in [0.15, 0.2) is 0 Å². The second-order valence-electron chi connectivity index (χ2n) is 8.87. The van der Waals surface area contributed by atoms with Crippen molar-refractivity contribution in [2.45, 2.75) is 26.8 Å². The minimum absolute atomic E-state index is 0.119. The first kappa shape index (κ1) is 26.8. The molecule has 196 valence electrons. The predicted octanol–water partition coefficient (Wildman–Crippen LogP) is 5.53. The molecule has 0 spiro atoms. The monoisotopic (exact) mass is 535 g/mol. The van der Waals surface area contributed by atoms with E-state index < -0.39 is 29.5 Å². The summed E-state index contributed by atoms with van der Waals surface area (Å²) in [5, 5.41) is 11.8. The van der Waals surface area contributed by atoms with Crippen LogP contribution in [0, 0.1) is 13.8 Å². The fraction of sp³-hybridized carbons (Fsp3) is 0.207. The van der Waals surface area contributed by atoms with Crippen LogP contribution in [0.15, 0.2) is 60.2 Å². The van der Waals surface area contributed by atoms with Gasteiger partial charge in [0.05, 0.1) is 36.4 Å². The number of halogens is 1. The molecule has 0 radical (unpaired) electrons. The first-order valence-corrected chi connectivity index (χ1v) is 12.0. The van der Waals surface area contributed by atoms with Crippen molar-refractivity contribution < 1.29 is 33.7 Å². The highest BCUT2D eigenvalue weighted by Gasteiger charge is 2.47. The van der Waals surface area contributed by atoms with Gasteiger partial charge in [-0.05, 0) is 60.9 Å². The zero-order chi connectivity index (χ0) is 27.7. The summed E-state index contributed by atoms with van der Waals surface area (Å²) >= 11 is 6.24. The van der Waals surface area contributed by atoms with Crippen LogP contribution in [0.5, 0.6) is 17.2 Å². The lowest BCUT2D eigenvalue weighted by Gasteiger charge is -2.26. The van der Waals surface area contributed by atoms with Gasteiger partial charge in [-0.15, -0.1) is 0 Å². The fourth-order valence-electron chi connectivity index (χ4n) is 4.61. The Hall–Kier alpha value is -4.30. The second-order valence-corrected chi connectivity index (χ2v) is 9.28. The zero-order valence-corrected chi connectivity index (χ0v) is 22.3. The fourth-order valence-corrected chi connectivity index (χ4v) is 4.84. The number of Topliss-reactive ketones (excluding diaryl/α,β-unsaturated/α-hetero) is 1. The Kier molecular flexibility index (Phi) is 7.46. The van der Waals surface area contributed by atoms with E-state index in [9.17, 15) is 19.5 Å². The third-order valence-electron chi connectivity index (χ3n) is 6.09. The molecule has 1 aliphatic heterocycles. The molecule has 3 aromatic rings. The van der Waals surface area contributed by atoms with Crippen LogP contribution in [0.25, 0.3) is 5.76 Å². The molecule has 8 nitrogen and oxygen atoms in total. The lowest BCUT2D eigenvalue weighted by Crippen LogP contribution is -2.29. The van der Waals surface area contributed by atoms with E-state index in [2.05, 4.69) is 0 Å². The summed E-state index contributed by atoms with van der Waals surface area (Å²) in [7, 11) is 2.81. The van der Waals surface area contributed by atoms with Gasteiger partial charge in [0.25, 0.3) is 11.7 Å². The SMILES string of the molecule is COc1cc(/C(O)=C2\C(=O)C(=O)N(c3cc(C)cc(C)c3)C2c2cccc(OC(C)=O)c2)c(OC)cc1Cl. The van der Waals surface area contributed by atoms with E-state index >= 15 is 0 Å². The highest BCUT2D eigenvalue weighted by Crippen LogP contribution is 2.45. The Balaban J connectivity index is 2.02. The number of carbonyl (C=O) groups excluding carboxylic acids is 3. The van der Waals surface area contributed by atoms with Crippen molar-refractivity contribution in [2.24, 2.45) is 0 Å². The summed E-state index contributed by atoms with van der Waals surface area (Å²) in [5.74, 6) is -2.05. The molecule has 38 heavy (non-hydrogen) atoms. The molecule has 3 aromatic carbocycles. The average molecular weight is 536 g/mol. The van der Waals surface area contributed by atoms with E-state index in [0.717, 1.165) is 11.1 Å². The van der Waals surface area contributed by atoms with E-state index in [1.54, 1.807) is 36.4 Å². The van der Waals surface area contributed by atoms with Crippen LogP contribution in [-0.2, 0) is 14.4 Å². The van der Waals surface area contributed by atoms with Crippen molar-refractivity contribution in [1.29, 1.82) is 0 Å². The van der Waals surface area contributed by atoms with Crippen molar-refractivity contribution in [3.63, 3.8) is 0 Å². The van der Waals surface area contributed by atoms with E-state index in [4.69, 9.17) is 25.8 Å². The summed E-state index contributed by atoms with van der Waals surface area (Å²) in [5.41, 5.74) is 2.65. The number of nitrogens with zero attached hydrogens (tertiary/aromatic N) is 1. The van der Waals surface area contributed by atoms with Gasteiger partial charge in [-0.3, -0.25) is 19.3 Å². The number of ether oxygens (including phenoxy) is 3. The Morgan fingerprint density at radius 2 is 1.61 bits per heavy atom. The van der Waals surface area contributed by atoms with E-state index in [1.807, 2.05) is 19.9 Å². The lowest BCUT2D eigenvalue weighted by molar-refractivity contribution is -0.132. The van der Waals surface area contributed by atoms with Gasteiger partial charge < -0.3 is 19.3 Å². The van der Waals surface area contributed by atoms with Crippen LogP contribution in [-0.4, -0.2) is 37.0 Å². The number of aryl methyl sites for hydroxylation is 2. The Morgan fingerprint density at radius 3 is 2.21 bits per heavy atom. The zero-order valence-electron chi connectivity index (χ0n) is 21.5. The predicted molar refractivity (Wildman–Crippen MR) is 143 cm³/mol. The molecule has 1 aliphatic rings. The number of rotatable bonds is 6. The molecule has 9 heteroatoms. The summed E-state index contributed by atoms with van der Waals surface area (Å²) in [6, 6.07) is 13.8. The molecular weight excluding hydrogens is 510 g/mol. The second kappa shape index (κ2) is 10.6. The van der Waals surface area contributed by atoms with Gasteiger partial charge >= 0.3 is 5.97 Å². The number of aliphatic hydroxyl groups is 1. The van der Waals surface area contributed by atoms with Crippen LogP contribution in [0.1, 0.15) is 35.2 Å². The van der Waals surface area contributed by atoms with Gasteiger partial charge in [0, 0.05) is 18.7 Å². The highest BCUT2D eigenvalue weighted by atomic mass is 35.5. The maximum absolute atomic E-state index is 13.5. The molecule has 1 saturated heterocycles. The van der Waals surface area contributed by atoms with Crippen molar-refractivity contribution in [2.75, 3.05) is 19.1 Å². The van der Waals surface area contributed by atoms with Crippen LogP contribution in [0.4, 0.5) is 5.69 Å². The minimum atomic E-state index is -1.04. The van der Waals surface area contributed by atoms with E-state index in [0.29, 0.717) is 11.3 Å². The van der Waals surface area contributed by atoms with Gasteiger partial charge in [-0.25, -0.2) is 0 Å². The maximum Gasteiger partial charge on any atom is 0.308 e. The quantitative estimate of drug-likeness (QED) is 0.146. The van der Waals surface area contributed by atoms with E-state index in [-0.39, 0.29) is 33.4 Å². The summed E-state index contributed by atoms with van der Waals surface area (Å²) in [6.07, 6.45) is 0. The molecule has 1 fully saturated rings. The Bertz CT molecular complexity index is 1470. The molecule has 1 N–H and O–H groups in total. The maximum atomic E-state index is 13.5. The van der Waals surface area contributed by atoms with Gasteiger partial charge in [0.2, 0.25) is 0 Å². The molecule has 1 heterocycles. The topological polar surface area (TPSA) is 102 Å². The Labute approximate surface area is 225 Å². The van der Waals surface area contributed by atoms with Crippen molar-refractivity contribution in [1.82, 2.24) is 0 Å². The average Bonchev–Trinajstić information content (AvgIpc) is 3.13. The number of anilines is 1. The number of carbonyl (C=O) groups is 3. The van der Waals surface area contributed by atoms with Crippen molar-refractivity contribution >= 4 is 40.7 Å². The van der Waals surface area contributed by atoms with Crippen molar-refractivity contribution in [3.8, 4) is 17.2 Å². The van der Waals surface area contributed by atoms with Crippen molar-refractivity contribution in [3.05, 3.63) is 87.4 Å². The number of hydrogen-bond donors (Lipinski definition) is 1. The van der Waals surface area contributed by atoms with Crippen LogP contribution < -0.4 is 19.1 Å². The number of aliphatic hydroxyl groups excluding tert-OH is 1. The number of amides is 1. The van der Waals surface area contributed by atoms with Crippen LogP contribution in [0.2, 0.25) is 5.02 Å². The highest BCUT2D eigenvalue weighted by molar-refractivity contribution is 6.51. The minimum Gasteiger partial charge on any atom is -0.507 e. The third-order valence-corrected chi connectivity index (χ3v) is 6.39. The first-order valence-electron chi connectivity index (χ1n) is 11.6. The largest absolute Gasteiger partial charge is 0.507 e. The lowest BCUT2D eigenvalue weighted by atomic mass is 9.94. The summed E-state index contributed by atoms with van der Waals surface area (Å²) < 4.78 is 16.0. The molecular formula is C29H26ClNO7. The first-order chi connectivity index (χ1) is 18.0. The van der Waals surface area contributed by atoms with Crippen LogP contribution >= 0.6 is 11.6 Å². The summed E-state index contributed by atoms with van der Waals surface area (Å²) in [6.45, 7) is 5.04. The third kappa shape index (κ3) is 4.95. The smallest absolute Gasteiger partial charge is 0.308 e. The molecule has 1 atom stereocenters. The van der Waals surface area contributed by atoms with Gasteiger partial charge in [-0.1, -0.05) is 29.8 Å². The molecule has 0 bridgehead atoms. The van der Waals surface area contributed by atoms with Gasteiger partial charge in [-0.2, -0.15) is 0 Å². The number of benzene rings is 3. The number of hydrogen-bond acceptors (Lipinski definition) is 7. The summed E-state index contributed by atoms with van der Waals surface area (Å²) in [4.78, 5) is 40.0. The molecule has 0 aliphatic carbocycles. The number of ketones is 1. The molecule has 1 amide bonds. The Morgan fingerprint density at radius 1 is 0.947 bits per heavy atom. The molecule has 4 rings (SSSR count). The standard InChI is InChI=1S/C29H26ClNO7/c1-15-9-16(2)11-19(10-15)31-26(18-7-6-8-20(12-18)38-17(3)32)25(28(34)29(31)35)27(33)21-13-24(37-5)22(30)14-23(21)36-4/h6-14,26,33H,1-5H3/b27-25+. The molecule has 0 aromatic heterocycles. The van der Waals surface area contributed by atoms with Gasteiger partial charge in [0.1, 0.15) is 23.0 Å². The molecule has 1 unspecified atom stereocenters. The number of esters is 1. The normalized spacial score (nSPS) is 16.5. The van der Waals surface area contributed by atoms with E-state index in [1.165, 1.54) is 38.2 Å².